The highest BCUT2D eigenvalue weighted by atomic mass is 32.1. The highest BCUT2D eigenvalue weighted by molar-refractivity contribution is 7.22. The standard InChI is InChI=1S/C23H22N4O2S/c28-17-5-3-4-15(14-17)21-22(25-13-12-24-21)29-18-10-8-16(9-11-18)26-23-27-19-6-1-2-7-20(19)30-23/h1-2,6-13,15,17,28H,3-5,14H2,(H,26,27)/t15?,17-/m1/s1. The minimum atomic E-state index is -0.272. The number of hydrogen-bond acceptors (Lipinski definition) is 7. The molecule has 5 rings (SSSR count). The minimum Gasteiger partial charge on any atom is -0.437 e. The molecule has 6 nitrogen and oxygen atoms in total. The number of hydrogen-bond donors (Lipinski definition) is 2. The van der Waals surface area contributed by atoms with Gasteiger partial charge in [-0.3, -0.25) is 4.98 Å². The number of benzene rings is 2. The molecule has 30 heavy (non-hydrogen) atoms. The zero-order valence-corrected chi connectivity index (χ0v) is 17.2. The molecule has 7 heteroatoms. The Morgan fingerprint density at radius 2 is 1.83 bits per heavy atom. The van der Waals surface area contributed by atoms with Gasteiger partial charge in [-0.2, -0.15) is 0 Å². The smallest absolute Gasteiger partial charge is 0.241 e. The number of fused-ring (bicyclic) bond motifs is 1. The van der Waals surface area contributed by atoms with Crippen molar-refractivity contribution >= 4 is 32.4 Å². The molecule has 1 unspecified atom stereocenters. The van der Waals surface area contributed by atoms with Crippen LogP contribution in [0, 0.1) is 0 Å². The molecule has 1 saturated carbocycles. The molecule has 1 aliphatic carbocycles. The molecular formula is C23H22N4O2S. The number of nitrogens with one attached hydrogen (secondary N) is 1. The first kappa shape index (κ1) is 19.0. The van der Waals surface area contributed by atoms with Crippen LogP contribution in [-0.2, 0) is 0 Å². The molecule has 2 aromatic heterocycles. The zero-order valence-electron chi connectivity index (χ0n) is 16.4. The second-order valence-corrected chi connectivity index (χ2v) is 8.53. The van der Waals surface area contributed by atoms with E-state index in [1.807, 2.05) is 42.5 Å². The number of aliphatic hydroxyl groups excluding tert-OH is 1. The van der Waals surface area contributed by atoms with Crippen molar-refractivity contribution in [2.45, 2.75) is 37.7 Å². The molecule has 0 aliphatic heterocycles. The molecule has 0 radical (unpaired) electrons. The fraction of sp³-hybridized carbons (Fsp3) is 0.261. The van der Waals surface area contributed by atoms with E-state index >= 15 is 0 Å². The minimum absolute atomic E-state index is 0.178. The van der Waals surface area contributed by atoms with Gasteiger partial charge < -0.3 is 15.2 Å². The normalized spacial score (nSPS) is 19.0. The average Bonchev–Trinajstić information content (AvgIpc) is 3.18. The summed E-state index contributed by atoms with van der Waals surface area (Å²) < 4.78 is 7.21. The van der Waals surface area contributed by atoms with Crippen molar-refractivity contribution in [3.8, 4) is 11.6 Å². The Kier molecular flexibility index (Phi) is 5.29. The molecule has 1 aliphatic rings. The molecule has 2 atom stereocenters. The highest BCUT2D eigenvalue weighted by Crippen LogP contribution is 2.37. The van der Waals surface area contributed by atoms with Crippen LogP contribution in [0.2, 0.25) is 0 Å². The maximum atomic E-state index is 10.0. The van der Waals surface area contributed by atoms with Gasteiger partial charge in [0.15, 0.2) is 5.13 Å². The number of ether oxygens (including phenoxy) is 1. The van der Waals surface area contributed by atoms with Crippen LogP contribution in [0.25, 0.3) is 10.2 Å². The van der Waals surface area contributed by atoms with Crippen LogP contribution >= 0.6 is 11.3 Å². The summed E-state index contributed by atoms with van der Waals surface area (Å²) >= 11 is 1.62. The molecule has 152 valence electrons. The largest absolute Gasteiger partial charge is 0.437 e. The van der Waals surface area contributed by atoms with Gasteiger partial charge in [-0.25, -0.2) is 9.97 Å². The number of para-hydroxylation sites is 1. The van der Waals surface area contributed by atoms with Gasteiger partial charge in [0.2, 0.25) is 5.88 Å². The van der Waals surface area contributed by atoms with Crippen LogP contribution < -0.4 is 10.1 Å². The number of thiazole rings is 1. The second-order valence-electron chi connectivity index (χ2n) is 7.50. The van der Waals surface area contributed by atoms with E-state index in [0.717, 1.165) is 46.0 Å². The van der Waals surface area contributed by atoms with E-state index in [4.69, 9.17) is 4.74 Å². The number of anilines is 2. The first-order chi connectivity index (χ1) is 14.7. The summed E-state index contributed by atoms with van der Waals surface area (Å²) in [7, 11) is 0. The van der Waals surface area contributed by atoms with E-state index in [2.05, 4.69) is 26.3 Å². The number of nitrogens with zero attached hydrogens (tertiary/aromatic N) is 3. The van der Waals surface area contributed by atoms with Crippen molar-refractivity contribution < 1.29 is 9.84 Å². The lowest BCUT2D eigenvalue weighted by Gasteiger charge is -2.26. The Bertz CT molecular complexity index is 1110. The van der Waals surface area contributed by atoms with Gasteiger partial charge in [-0.1, -0.05) is 29.9 Å². The summed E-state index contributed by atoms with van der Waals surface area (Å²) in [4.78, 5) is 13.5. The van der Waals surface area contributed by atoms with E-state index in [9.17, 15) is 5.11 Å². The molecule has 2 aromatic carbocycles. The van der Waals surface area contributed by atoms with Crippen molar-refractivity contribution in [2.75, 3.05) is 5.32 Å². The first-order valence-electron chi connectivity index (χ1n) is 10.1. The Hall–Kier alpha value is -3.03. The quantitative estimate of drug-likeness (QED) is 0.436. The van der Waals surface area contributed by atoms with Crippen LogP contribution in [0.4, 0.5) is 10.8 Å². The van der Waals surface area contributed by atoms with Gasteiger partial charge in [-0.15, -0.1) is 0 Å². The van der Waals surface area contributed by atoms with Crippen molar-refractivity contribution in [1.82, 2.24) is 15.0 Å². The summed E-state index contributed by atoms with van der Waals surface area (Å²) in [5, 5.41) is 14.2. The number of aromatic nitrogens is 3. The Balaban J connectivity index is 1.30. The van der Waals surface area contributed by atoms with Gasteiger partial charge in [0, 0.05) is 24.0 Å². The topological polar surface area (TPSA) is 80.2 Å². The maximum absolute atomic E-state index is 10.0. The van der Waals surface area contributed by atoms with Gasteiger partial charge in [0.05, 0.1) is 16.3 Å². The lowest BCUT2D eigenvalue weighted by Crippen LogP contribution is -2.19. The van der Waals surface area contributed by atoms with Crippen LogP contribution in [0.3, 0.4) is 0 Å². The third-order valence-electron chi connectivity index (χ3n) is 5.34. The molecule has 0 spiro atoms. The Labute approximate surface area is 178 Å². The van der Waals surface area contributed by atoms with Gasteiger partial charge in [0.1, 0.15) is 11.4 Å². The van der Waals surface area contributed by atoms with Gasteiger partial charge in [0.25, 0.3) is 0 Å². The van der Waals surface area contributed by atoms with Crippen LogP contribution in [0.15, 0.2) is 60.9 Å². The predicted octanol–water partition coefficient (Wildman–Crippen LogP) is 5.64. The van der Waals surface area contributed by atoms with Crippen LogP contribution in [0.1, 0.15) is 37.3 Å². The summed E-state index contributed by atoms with van der Waals surface area (Å²) in [6.07, 6.45) is 6.61. The number of rotatable bonds is 5. The SMILES string of the molecule is O[C@@H]1CCCC(c2nccnc2Oc2ccc(Nc3nc4ccccc4s3)cc2)C1. The van der Waals surface area contributed by atoms with Crippen molar-refractivity contribution in [3.05, 3.63) is 66.6 Å². The summed E-state index contributed by atoms with van der Waals surface area (Å²) in [5.74, 6) is 1.39. The third-order valence-corrected chi connectivity index (χ3v) is 6.29. The Morgan fingerprint density at radius 1 is 1.00 bits per heavy atom. The van der Waals surface area contributed by atoms with E-state index < -0.39 is 0 Å². The van der Waals surface area contributed by atoms with Crippen molar-refractivity contribution in [1.29, 1.82) is 0 Å². The average molecular weight is 419 g/mol. The van der Waals surface area contributed by atoms with E-state index in [0.29, 0.717) is 18.1 Å². The second kappa shape index (κ2) is 8.38. The lowest BCUT2D eigenvalue weighted by atomic mass is 9.85. The van der Waals surface area contributed by atoms with E-state index in [1.165, 1.54) is 0 Å². The van der Waals surface area contributed by atoms with Crippen LogP contribution in [-0.4, -0.2) is 26.2 Å². The predicted molar refractivity (Wildman–Crippen MR) is 119 cm³/mol. The fourth-order valence-corrected chi connectivity index (χ4v) is 4.76. The highest BCUT2D eigenvalue weighted by Gasteiger charge is 2.26. The molecule has 0 bridgehead atoms. The molecule has 1 fully saturated rings. The maximum Gasteiger partial charge on any atom is 0.241 e. The molecular weight excluding hydrogens is 396 g/mol. The lowest BCUT2D eigenvalue weighted by molar-refractivity contribution is 0.118. The monoisotopic (exact) mass is 418 g/mol. The zero-order chi connectivity index (χ0) is 20.3. The molecule has 4 aromatic rings. The fourth-order valence-electron chi connectivity index (χ4n) is 3.87. The molecule has 0 saturated heterocycles. The van der Waals surface area contributed by atoms with E-state index in [1.54, 1.807) is 23.7 Å². The van der Waals surface area contributed by atoms with Gasteiger partial charge in [-0.05, 0) is 55.7 Å². The summed E-state index contributed by atoms with van der Waals surface area (Å²) in [6.45, 7) is 0. The Morgan fingerprint density at radius 3 is 2.67 bits per heavy atom. The van der Waals surface area contributed by atoms with Crippen molar-refractivity contribution in [3.63, 3.8) is 0 Å². The van der Waals surface area contributed by atoms with Crippen LogP contribution in [0.5, 0.6) is 11.6 Å². The first-order valence-corrected chi connectivity index (χ1v) is 11.0. The summed E-state index contributed by atoms with van der Waals surface area (Å²) in [5.41, 5.74) is 2.76. The third kappa shape index (κ3) is 4.13. The summed E-state index contributed by atoms with van der Waals surface area (Å²) in [6, 6.07) is 15.8. The van der Waals surface area contributed by atoms with Crippen molar-refractivity contribution in [2.24, 2.45) is 0 Å². The molecule has 0 amide bonds. The van der Waals surface area contributed by atoms with Gasteiger partial charge >= 0.3 is 0 Å². The van der Waals surface area contributed by atoms with E-state index in [-0.39, 0.29) is 12.0 Å². The molecule has 2 N–H and O–H groups in total. The number of aliphatic hydroxyl groups is 1. The molecule has 2 heterocycles.